The first-order chi connectivity index (χ1) is 4.84. The number of ether oxygens (including phenoxy) is 1. The van der Waals surface area contributed by atoms with E-state index in [1.807, 2.05) is 0 Å². The number of unbranched alkanes of at least 4 members (excludes halogenated alkanes) is 1. The van der Waals surface area contributed by atoms with Crippen LogP contribution in [0.15, 0.2) is 0 Å². The minimum absolute atomic E-state index is 0.758. The first kappa shape index (κ1) is 8.54. The largest absolute Gasteiger partial charge is 0.381 e. The highest BCUT2D eigenvalue weighted by Gasteiger charge is 2.34. The molecule has 1 nitrogen and oxygen atoms in total. The Balaban J connectivity index is 1.78. The van der Waals surface area contributed by atoms with Gasteiger partial charge in [-0.05, 0) is 18.8 Å². The first-order valence-electron chi connectivity index (χ1n) is 4.06. The third kappa shape index (κ3) is 3.02. The van der Waals surface area contributed by atoms with Crippen LogP contribution in [0.4, 0.5) is 0 Å². The number of halogens is 1. The van der Waals surface area contributed by atoms with Gasteiger partial charge in [0.05, 0.1) is 6.61 Å². The molecule has 0 aliphatic heterocycles. The molecule has 1 saturated carbocycles. The maximum atomic E-state index is 5.44. The topological polar surface area (TPSA) is 9.23 Å². The van der Waals surface area contributed by atoms with Crippen LogP contribution in [0.5, 0.6) is 0 Å². The number of hydrogen-bond donors (Lipinski definition) is 0. The van der Waals surface area contributed by atoms with Gasteiger partial charge in [-0.15, -0.1) is 0 Å². The summed E-state index contributed by atoms with van der Waals surface area (Å²) >= 11 is 3.54. The van der Waals surface area contributed by atoms with Crippen molar-refractivity contribution in [3.8, 4) is 0 Å². The van der Waals surface area contributed by atoms with E-state index in [9.17, 15) is 0 Å². The average molecular weight is 207 g/mol. The minimum Gasteiger partial charge on any atom is -0.381 e. The van der Waals surface area contributed by atoms with Gasteiger partial charge in [0.1, 0.15) is 0 Å². The Kier molecular flexibility index (Phi) is 3.71. The molecule has 0 spiro atoms. The smallest absolute Gasteiger partial charge is 0.0505 e. The summed E-state index contributed by atoms with van der Waals surface area (Å²) in [6, 6.07) is 0. The molecule has 2 atom stereocenters. The Morgan fingerprint density at radius 3 is 2.80 bits per heavy atom. The van der Waals surface area contributed by atoms with Gasteiger partial charge in [0, 0.05) is 11.4 Å². The van der Waals surface area contributed by atoms with Crippen molar-refractivity contribution < 1.29 is 4.74 Å². The summed E-state index contributed by atoms with van der Waals surface area (Å²) in [6.45, 7) is 4.11. The van der Waals surface area contributed by atoms with Gasteiger partial charge in [0.15, 0.2) is 0 Å². The van der Waals surface area contributed by atoms with Crippen molar-refractivity contribution in [1.29, 1.82) is 0 Å². The summed E-state index contributed by atoms with van der Waals surface area (Å²) < 4.78 is 5.44. The third-order valence-corrected chi connectivity index (χ3v) is 2.93. The molecule has 60 valence electrons. The van der Waals surface area contributed by atoms with E-state index in [1.165, 1.54) is 19.3 Å². The van der Waals surface area contributed by atoms with Crippen molar-refractivity contribution in [1.82, 2.24) is 0 Å². The lowest BCUT2D eigenvalue weighted by atomic mass is 10.4. The van der Waals surface area contributed by atoms with E-state index in [-0.39, 0.29) is 0 Å². The molecular weight excluding hydrogens is 192 g/mol. The second-order valence-electron chi connectivity index (χ2n) is 2.94. The van der Waals surface area contributed by atoms with Gasteiger partial charge in [-0.1, -0.05) is 29.3 Å². The zero-order chi connectivity index (χ0) is 7.40. The lowest BCUT2D eigenvalue weighted by Gasteiger charge is -1.99. The predicted molar refractivity (Wildman–Crippen MR) is 46.5 cm³/mol. The fourth-order valence-electron chi connectivity index (χ4n) is 0.864. The van der Waals surface area contributed by atoms with Gasteiger partial charge in [0.2, 0.25) is 0 Å². The molecule has 1 fully saturated rings. The van der Waals surface area contributed by atoms with Gasteiger partial charge in [-0.3, -0.25) is 0 Å². The van der Waals surface area contributed by atoms with E-state index in [4.69, 9.17) is 4.74 Å². The molecule has 0 aromatic rings. The molecule has 0 aromatic carbocycles. The van der Waals surface area contributed by atoms with E-state index < -0.39 is 0 Å². The Labute approximate surface area is 71.3 Å². The fourth-order valence-corrected chi connectivity index (χ4v) is 1.50. The van der Waals surface area contributed by atoms with Crippen molar-refractivity contribution in [2.24, 2.45) is 5.92 Å². The summed E-state index contributed by atoms with van der Waals surface area (Å²) in [5.41, 5.74) is 0. The van der Waals surface area contributed by atoms with Crippen LogP contribution in [0, 0.1) is 5.92 Å². The first-order valence-corrected chi connectivity index (χ1v) is 4.98. The van der Waals surface area contributed by atoms with Crippen LogP contribution in [0.1, 0.15) is 26.2 Å². The van der Waals surface area contributed by atoms with E-state index >= 15 is 0 Å². The maximum absolute atomic E-state index is 5.44. The highest BCUT2D eigenvalue weighted by molar-refractivity contribution is 9.09. The highest BCUT2D eigenvalue weighted by atomic mass is 79.9. The van der Waals surface area contributed by atoms with E-state index in [2.05, 4.69) is 22.9 Å². The molecule has 0 saturated heterocycles. The molecule has 1 rings (SSSR count). The SMILES string of the molecule is CCCCOC[C@H]1C[C@@H]1Br. The van der Waals surface area contributed by atoms with Crippen LogP contribution in [0.3, 0.4) is 0 Å². The summed E-state index contributed by atoms with van der Waals surface area (Å²) in [6.07, 6.45) is 3.76. The van der Waals surface area contributed by atoms with Gasteiger partial charge in [0.25, 0.3) is 0 Å². The number of hydrogen-bond acceptors (Lipinski definition) is 1. The van der Waals surface area contributed by atoms with Crippen LogP contribution in [-0.4, -0.2) is 18.0 Å². The molecule has 0 aromatic heterocycles. The van der Waals surface area contributed by atoms with E-state index in [1.54, 1.807) is 0 Å². The molecule has 1 aliphatic rings. The van der Waals surface area contributed by atoms with Crippen LogP contribution >= 0.6 is 15.9 Å². The molecule has 0 amide bonds. The van der Waals surface area contributed by atoms with Gasteiger partial charge in [-0.2, -0.15) is 0 Å². The van der Waals surface area contributed by atoms with Crippen molar-refractivity contribution in [3.63, 3.8) is 0 Å². The van der Waals surface area contributed by atoms with Crippen molar-refractivity contribution in [2.45, 2.75) is 31.0 Å². The van der Waals surface area contributed by atoms with Crippen molar-refractivity contribution in [2.75, 3.05) is 13.2 Å². The van der Waals surface area contributed by atoms with E-state index in [0.717, 1.165) is 24.0 Å². The average Bonchev–Trinajstić information content (AvgIpc) is 2.60. The Bertz CT molecular complexity index is 95.3. The maximum Gasteiger partial charge on any atom is 0.0505 e. The predicted octanol–water partition coefficient (Wildman–Crippen LogP) is 2.59. The molecule has 0 radical (unpaired) electrons. The molecule has 10 heavy (non-hydrogen) atoms. The summed E-state index contributed by atoms with van der Waals surface area (Å²) in [5.74, 6) is 0.817. The second-order valence-corrected chi connectivity index (χ2v) is 4.12. The standard InChI is InChI=1S/C8H15BrO/c1-2-3-4-10-6-7-5-8(7)9/h7-8H,2-6H2,1H3/t7-,8+/m1/s1. The van der Waals surface area contributed by atoms with Crippen LogP contribution in [-0.2, 0) is 4.74 Å². The molecule has 2 heteroatoms. The Morgan fingerprint density at radius 1 is 1.60 bits per heavy atom. The zero-order valence-corrected chi connectivity index (χ0v) is 8.06. The van der Waals surface area contributed by atoms with Gasteiger partial charge >= 0.3 is 0 Å². The molecular formula is C8H15BrO. The molecule has 0 heterocycles. The van der Waals surface area contributed by atoms with Crippen molar-refractivity contribution >= 4 is 15.9 Å². The monoisotopic (exact) mass is 206 g/mol. The van der Waals surface area contributed by atoms with Crippen LogP contribution in [0.25, 0.3) is 0 Å². The normalized spacial score (nSPS) is 30.6. The molecule has 0 unspecified atom stereocenters. The molecule has 0 bridgehead atoms. The third-order valence-electron chi connectivity index (χ3n) is 1.81. The Hall–Kier alpha value is 0.440. The number of rotatable bonds is 5. The van der Waals surface area contributed by atoms with Crippen LogP contribution < -0.4 is 0 Å². The quantitative estimate of drug-likeness (QED) is 0.497. The van der Waals surface area contributed by atoms with E-state index in [0.29, 0.717) is 0 Å². The summed E-state index contributed by atoms with van der Waals surface area (Å²) in [7, 11) is 0. The van der Waals surface area contributed by atoms with Gasteiger partial charge in [-0.25, -0.2) is 0 Å². The fraction of sp³-hybridized carbons (Fsp3) is 1.00. The number of alkyl halides is 1. The highest BCUT2D eigenvalue weighted by Crippen LogP contribution is 2.37. The molecule has 1 aliphatic carbocycles. The lowest BCUT2D eigenvalue weighted by Crippen LogP contribution is -1.99. The molecule has 0 N–H and O–H groups in total. The zero-order valence-electron chi connectivity index (χ0n) is 6.48. The van der Waals surface area contributed by atoms with Gasteiger partial charge < -0.3 is 4.74 Å². The van der Waals surface area contributed by atoms with Crippen LogP contribution in [0.2, 0.25) is 0 Å². The van der Waals surface area contributed by atoms with Crippen molar-refractivity contribution in [3.05, 3.63) is 0 Å². The minimum atomic E-state index is 0.758. The second kappa shape index (κ2) is 4.35. The summed E-state index contributed by atoms with van der Waals surface area (Å²) in [4.78, 5) is 0.758. The Morgan fingerprint density at radius 2 is 2.30 bits per heavy atom. The lowest BCUT2D eigenvalue weighted by molar-refractivity contribution is 0.122. The summed E-state index contributed by atoms with van der Waals surface area (Å²) in [5, 5.41) is 0.